The number of aromatic nitrogens is 2. The molecule has 0 saturated heterocycles. The Balaban J connectivity index is 2.33. The van der Waals surface area contributed by atoms with Crippen molar-refractivity contribution in [3.05, 3.63) is 30.5 Å². The van der Waals surface area contributed by atoms with Crippen LogP contribution in [0.4, 0.5) is 11.5 Å². The third-order valence-corrected chi connectivity index (χ3v) is 5.87. The van der Waals surface area contributed by atoms with Crippen LogP contribution >= 0.6 is 0 Å². The highest BCUT2D eigenvalue weighted by molar-refractivity contribution is 7.91. The first-order valence-electron chi connectivity index (χ1n) is 7.81. The van der Waals surface area contributed by atoms with Crippen LogP contribution in [0.1, 0.15) is 20.3 Å². The van der Waals surface area contributed by atoms with Crippen LogP contribution in [0.2, 0.25) is 0 Å². The van der Waals surface area contributed by atoms with Gasteiger partial charge in [-0.1, -0.05) is 13.8 Å². The number of hydrogen-bond donors (Lipinski definition) is 1. The summed E-state index contributed by atoms with van der Waals surface area (Å²) in [5, 5.41) is 7.32. The van der Waals surface area contributed by atoms with Crippen molar-refractivity contribution in [2.45, 2.75) is 36.6 Å². The predicted molar refractivity (Wildman–Crippen MR) is 97.6 cm³/mol. The molecule has 0 unspecified atom stereocenters. The van der Waals surface area contributed by atoms with Gasteiger partial charge in [-0.15, -0.1) is 0 Å². The standard InChI is InChI=1S/C16H23N3O4S2/c1-12(2)7-9-19-10-8-16(18-19)17-14-6-5-13(24(3,20)21)11-15(14)25(4,22)23/h5-6,8,10-12H,7,9H2,1-4H3,(H,17,18). The van der Waals surface area contributed by atoms with Gasteiger partial charge in [0.25, 0.3) is 0 Å². The summed E-state index contributed by atoms with van der Waals surface area (Å²) < 4.78 is 49.2. The van der Waals surface area contributed by atoms with Gasteiger partial charge >= 0.3 is 0 Å². The zero-order valence-electron chi connectivity index (χ0n) is 14.7. The summed E-state index contributed by atoms with van der Waals surface area (Å²) in [6.45, 7) is 5.03. The van der Waals surface area contributed by atoms with Crippen molar-refractivity contribution < 1.29 is 16.8 Å². The largest absolute Gasteiger partial charge is 0.338 e. The minimum atomic E-state index is -3.61. The molecule has 7 nitrogen and oxygen atoms in total. The fraction of sp³-hybridized carbons (Fsp3) is 0.438. The lowest BCUT2D eigenvalue weighted by molar-refractivity contribution is 0.488. The Morgan fingerprint density at radius 3 is 2.32 bits per heavy atom. The van der Waals surface area contributed by atoms with Crippen LogP contribution < -0.4 is 5.32 Å². The van der Waals surface area contributed by atoms with E-state index < -0.39 is 19.7 Å². The first-order valence-corrected chi connectivity index (χ1v) is 11.6. The van der Waals surface area contributed by atoms with Crippen LogP contribution in [0.3, 0.4) is 0 Å². The van der Waals surface area contributed by atoms with Crippen LogP contribution in [0.25, 0.3) is 0 Å². The topological polar surface area (TPSA) is 98.1 Å². The number of nitrogens with one attached hydrogen (secondary N) is 1. The Hall–Kier alpha value is -1.87. The van der Waals surface area contributed by atoms with Crippen molar-refractivity contribution in [1.82, 2.24) is 9.78 Å². The number of nitrogens with zero attached hydrogens (tertiary/aromatic N) is 2. The van der Waals surface area contributed by atoms with E-state index in [2.05, 4.69) is 24.3 Å². The molecule has 1 heterocycles. The smallest absolute Gasteiger partial charge is 0.177 e. The Morgan fingerprint density at radius 2 is 1.76 bits per heavy atom. The van der Waals surface area contributed by atoms with Gasteiger partial charge in [0.15, 0.2) is 25.5 Å². The van der Waals surface area contributed by atoms with Gasteiger partial charge in [0.2, 0.25) is 0 Å². The second kappa shape index (κ2) is 7.17. The summed E-state index contributed by atoms with van der Waals surface area (Å²) in [4.78, 5) is -0.118. The van der Waals surface area contributed by atoms with Crippen LogP contribution in [0.15, 0.2) is 40.3 Å². The molecule has 0 amide bonds. The lowest BCUT2D eigenvalue weighted by atomic mass is 10.1. The van der Waals surface area contributed by atoms with E-state index in [1.807, 2.05) is 6.20 Å². The number of sulfone groups is 2. The third kappa shape index (κ3) is 5.30. The molecule has 0 spiro atoms. The van der Waals surface area contributed by atoms with Crippen molar-refractivity contribution in [2.75, 3.05) is 17.8 Å². The second-order valence-corrected chi connectivity index (χ2v) is 10.5. The van der Waals surface area contributed by atoms with Gasteiger partial charge in [-0.25, -0.2) is 16.8 Å². The zero-order chi connectivity index (χ0) is 18.8. The molecular weight excluding hydrogens is 362 g/mol. The molecule has 9 heteroatoms. The lowest BCUT2D eigenvalue weighted by Crippen LogP contribution is -2.07. The van der Waals surface area contributed by atoms with Gasteiger partial charge in [0.1, 0.15) is 0 Å². The molecule has 2 rings (SSSR count). The fourth-order valence-corrected chi connectivity index (χ4v) is 3.81. The summed E-state index contributed by atoms with van der Waals surface area (Å²) in [7, 11) is -7.11. The monoisotopic (exact) mass is 385 g/mol. The van der Waals surface area contributed by atoms with Gasteiger partial charge in [-0.2, -0.15) is 5.10 Å². The maximum absolute atomic E-state index is 12.0. The molecule has 1 aromatic heterocycles. The molecule has 0 radical (unpaired) electrons. The number of hydrogen-bond acceptors (Lipinski definition) is 6. The zero-order valence-corrected chi connectivity index (χ0v) is 16.4. The normalized spacial score (nSPS) is 12.5. The second-order valence-electron chi connectivity index (χ2n) is 6.47. The molecule has 2 aromatic rings. The summed E-state index contributed by atoms with van der Waals surface area (Å²) in [5.41, 5.74) is 0.295. The number of benzene rings is 1. The Labute approximate surface area is 148 Å². The van der Waals surface area contributed by atoms with Crippen molar-refractivity contribution >= 4 is 31.2 Å². The SMILES string of the molecule is CC(C)CCn1ccc(Nc2ccc(S(C)(=O)=O)cc2S(C)(=O)=O)n1. The first kappa shape index (κ1) is 19.5. The van der Waals surface area contributed by atoms with Gasteiger partial charge < -0.3 is 5.32 Å². The van der Waals surface area contributed by atoms with Crippen molar-refractivity contribution in [2.24, 2.45) is 5.92 Å². The Kier molecular flexibility index (Phi) is 5.58. The molecule has 1 N–H and O–H groups in total. The van der Waals surface area contributed by atoms with Crippen molar-refractivity contribution in [1.29, 1.82) is 0 Å². The maximum atomic E-state index is 12.0. The Morgan fingerprint density at radius 1 is 1.08 bits per heavy atom. The molecule has 0 atom stereocenters. The van der Waals surface area contributed by atoms with E-state index in [-0.39, 0.29) is 9.79 Å². The van der Waals surface area contributed by atoms with Gasteiger partial charge in [0, 0.05) is 31.3 Å². The molecule has 0 aliphatic rings. The van der Waals surface area contributed by atoms with Crippen LogP contribution in [-0.4, -0.2) is 39.1 Å². The van der Waals surface area contributed by atoms with E-state index in [9.17, 15) is 16.8 Å². The molecule has 138 valence electrons. The average molecular weight is 386 g/mol. The molecule has 0 bridgehead atoms. The van der Waals surface area contributed by atoms with E-state index in [1.54, 1.807) is 10.7 Å². The van der Waals surface area contributed by atoms with E-state index >= 15 is 0 Å². The van der Waals surface area contributed by atoms with Crippen LogP contribution in [0, 0.1) is 5.92 Å². The number of anilines is 2. The average Bonchev–Trinajstić information content (AvgIpc) is 2.91. The highest BCUT2D eigenvalue weighted by atomic mass is 32.2. The minimum Gasteiger partial charge on any atom is -0.338 e. The maximum Gasteiger partial charge on any atom is 0.177 e. The summed E-state index contributed by atoms with van der Waals surface area (Å²) in [6, 6.07) is 5.74. The molecule has 0 aliphatic carbocycles. The van der Waals surface area contributed by atoms with Crippen LogP contribution in [0.5, 0.6) is 0 Å². The first-order chi connectivity index (χ1) is 11.5. The lowest BCUT2D eigenvalue weighted by Gasteiger charge is -2.11. The molecule has 25 heavy (non-hydrogen) atoms. The fourth-order valence-electron chi connectivity index (χ4n) is 2.22. The molecular formula is C16H23N3O4S2. The summed E-state index contributed by atoms with van der Waals surface area (Å²) in [5.74, 6) is 1.06. The summed E-state index contributed by atoms with van der Waals surface area (Å²) >= 11 is 0. The number of aryl methyl sites for hydroxylation is 1. The minimum absolute atomic E-state index is 0.0408. The highest BCUT2D eigenvalue weighted by Gasteiger charge is 2.18. The Bertz CT molecular complexity index is 961. The quantitative estimate of drug-likeness (QED) is 0.786. The highest BCUT2D eigenvalue weighted by Crippen LogP contribution is 2.27. The van der Waals surface area contributed by atoms with Crippen molar-refractivity contribution in [3.8, 4) is 0 Å². The number of rotatable bonds is 7. The van der Waals surface area contributed by atoms with Gasteiger partial charge in [0.05, 0.1) is 15.5 Å². The van der Waals surface area contributed by atoms with Crippen molar-refractivity contribution in [3.63, 3.8) is 0 Å². The molecule has 0 fully saturated rings. The third-order valence-electron chi connectivity index (χ3n) is 3.62. The van der Waals surface area contributed by atoms with E-state index in [0.717, 1.165) is 25.5 Å². The molecule has 0 saturated carbocycles. The molecule has 1 aromatic carbocycles. The predicted octanol–water partition coefficient (Wildman–Crippen LogP) is 2.48. The van der Waals surface area contributed by atoms with E-state index in [4.69, 9.17) is 0 Å². The van der Waals surface area contributed by atoms with Crippen LogP contribution in [-0.2, 0) is 26.2 Å². The summed E-state index contributed by atoms with van der Waals surface area (Å²) in [6.07, 6.45) is 4.88. The van der Waals surface area contributed by atoms with E-state index in [0.29, 0.717) is 17.4 Å². The molecule has 0 aliphatic heterocycles. The van der Waals surface area contributed by atoms with Gasteiger partial charge in [-0.3, -0.25) is 4.68 Å². The van der Waals surface area contributed by atoms with Gasteiger partial charge in [-0.05, 0) is 30.5 Å². The van der Waals surface area contributed by atoms with E-state index in [1.165, 1.54) is 18.2 Å².